The lowest BCUT2D eigenvalue weighted by Crippen LogP contribution is -2.39. The van der Waals surface area contributed by atoms with Crippen molar-refractivity contribution in [2.24, 2.45) is 7.05 Å². The third kappa shape index (κ3) is 3.69. The van der Waals surface area contributed by atoms with Crippen LogP contribution in [-0.4, -0.2) is 39.5 Å². The number of nitrogens with zero attached hydrogens (tertiary/aromatic N) is 2. The van der Waals surface area contributed by atoms with E-state index >= 15 is 0 Å². The highest BCUT2D eigenvalue weighted by Crippen LogP contribution is 2.27. The van der Waals surface area contributed by atoms with E-state index in [-0.39, 0.29) is 5.91 Å². The Morgan fingerprint density at radius 2 is 2.26 bits per heavy atom. The van der Waals surface area contributed by atoms with Crippen LogP contribution < -0.4 is 5.32 Å². The number of aromatic nitrogens is 2. The summed E-state index contributed by atoms with van der Waals surface area (Å²) in [4.78, 5) is 12.3. The molecule has 0 bridgehead atoms. The highest BCUT2D eigenvalue weighted by Gasteiger charge is 2.24. The number of rotatable bonds is 4. The molecule has 1 aromatic rings. The molecule has 0 saturated heterocycles. The highest BCUT2D eigenvalue weighted by molar-refractivity contribution is 7.99. The predicted molar refractivity (Wildman–Crippen MR) is 82.0 cm³/mol. The summed E-state index contributed by atoms with van der Waals surface area (Å²) in [5, 5.41) is 8.95. The van der Waals surface area contributed by atoms with Gasteiger partial charge >= 0.3 is 0 Å². The molecule has 0 aliphatic heterocycles. The van der Waals surface area contributed by atoms with Gasteiger partial charge in [-0.15, -0.1) is 11.8 Å². The fourth-order valence-electron chi connectivity index (χ4n) is 2.53. The average molecular weight is 299 g/mol. The van der Waals surface area contributed by atoms with Gasteiger partial charge in [0.25, 0.3) is 5.91 Å². The van der Waals surface area contributed by atoms with Crippen LogP contribution in [0.2, 0.25) is 0 Å². The van der Waals surface area contributed by atoms with E-state index in [1.165, 1.54) is 24.6 Å². The lowest BCUT2D eigenvalue weighted by molar-refractivity contribution is 0.0925. The number of carbonyl (C=O) groups excluding carboxylic acids is 1. The van der Waals surface area contributed by atoms with E-state index in [2.05, 4.69) is 16.7 Å². The molecule has 1 N–H and O–H groups in total. The van der Waals surface area contributed by atoms with Gasteiger partial charge < -0.3 is 5.32 Å². The normalized spacial score (nSPS) is 23.3. The van der Waals surface area contributed by atoms with Crippen LogP contribution in [0.5, 0.6) is 0 Å². The maximum absolute atomic E-state index is 12.3. The lowest BCUT2D eigenvalue weighted by atomic mass is 9.95. The van der Waals surface area contributed by atoms with Crippen molar-refractivity contribution in [1.82, 2.24) is 15.1 Å². The fraction of sp³-hybridized carbons (Fsp3) is 0.692. The van der Waals surface area contributed by atoms with E-state index in [1.807, 2.05) is 25.1 Å². The molecule has 106 valence electrons. The molecular formula is C13H21N3OS2. The molecule has 4 nitrogen and oxygen atoms in total. The molecule has 1 aliphatic rings. The van der Waals surface area contributed by atoms with Crippen LogP contribution in [0, 0.1) is 0 Å². The van der Waals surface area contributed by atoms with Gasteiger partial charge in [-0.25, -0.2) is 0 Å². The molecule has 1 aromatic heterocycles. The topological polar surface area (TPSA) is 46.9 Å². The van der Waals surface area contributed by atoms with Gasteiger partial charge in [-0.2, -0.15) is 16.9 Å². The summed E-state index contributed by atoms with van der Waals surface area (Å²) in [6, 6.07) is 0.314. The van der Waals surface area contributed by atoms with Gasteiger partial charge in [-0.05, 0) is 31.8 Å². The van der Waals surface area contributed by atoms with Gasteiger partial charge in [-0.1, -0.05) is 6.42 Å². The van der Waals surface area contributed by atoms with Gasteiger partial charge in [0.05, 0.1) is 5.56 Å². The Kier molecular flexibility index (Phi) is 5.21. The Bertz CT molecular complexity index is 447. The van der Waals surface area contributed by atoms with Crippen molar-refractivity contribution in [1.29, 1.82) is 0 Å². The molecule has 1 heterocycles. The summed E-state index contributed by atoms with van der Waals surface area (Å²) in [7, 11) is 1.85. The molecule has 1 aliphatic carbocycles. The monoisotopic (exact) mass is 299 g/mol. The van der Waals surface area contributed by atoms with E-state index in [9.17, 15) is 4.79 Å². The molecule has 1 amide bonds. The second kappa shape index (κ2) is 6.70. The van der Waals surface area contributed by atoms with Gasteiger partial charge in [0.1, 0.15) is 5.03 Å². The van der Waals surface area contributed by atoms with Crippen molar-refractivity contribution in [3.8, 4) is 0 Å². The summed E-state index contributed by atoms with van der Waals surface area (Å²) in [5.41, 5.74) is 0.696. The maximum Gasteiger partial charge on any atom is 0.255 e. The molecule has 2 rings (SSSR count). The number of amides is 1. The standard InChI is InChI=1S/C13H21N3OS2/c1-16-8-11(13(15-16)19-3)12(17)14-9-5-4-6-10(7-9)18-2/h8-10H,4-7H2,1-3H3,(H,14,17)/t9-,10-/m0/s1. The van der Waals surface area contributed by atoms with Crippen LogP contribution in [0.4, 0.5) is 0 Å². The minimum Gasteiger partial charge on any atom is -0.349 e. The Hall–Kier alpha value is -0.620. The number of carbonyl (C=O) groups is 1. The number of hydrogen-bond acceptors (Lipinski definition) is 4. The molecule has 0 radical (unpaired) electrons. The Morgan fingerprint density at radius 3 is 2.95 bits per heavy atom. The first kappa shape index (κ1) is 14.8. The maximum atomic E-state index is 12.3. The van der Waals surface area contributed by atoms with E-state index in [4.69, 9.17) is 0 Å². The zero-order valence-corrected chi connectivity index (χ0v) is 13.3. The number of aryl methyl sites for hydroxylation is 1. The summed E-state index contributed by atoms with van der Waals surface area (Å²) < 4.78 is 1.70. The van der Waals surface area contributed by atoms with Crippen molar-refractivity contribution in [3.63, 3.8) is 0 Å². The Labute approximate surface area is 123 Å². The van der Waals surface area contributed by atoms with Crippen molar-refractivity contribution >= 4 is 29.4 Å². The third-order valence-electron chi connectivity index (χ3n) is 3.53. The molecule has 19 heavy (non-hydrogen) atoms. The molecule has 6 heteroatoms. The quantitative estimate of drug-likeness (QED) is 0.868. The van der Waals surface area contributed by atoms with E-state index < -0.39 is 0 Å². The van der Waals surface area contributed by atoms with Crippen LogP contribution in [0.1, 0.15) is 36.0 Å². The van der Waals surface area contributed by atoms with Crippen molar-refractivity contribution < 1.29 is 4.79 Å². The molecule has 0 spiro atoms. The minimum atomic E-state index is 0.0178. The molecular weight excluding hydrogens is 278 g/mol. The van der Waals surface area contributed by atoms with Crippen molar-refractivity contribution in [2.45, 2.75) is 42.0 Å². The van der Waals surface area contributed by atoms with E-state index in [1.54, 1.807) is 10.9 Å². The first-order valence-electron chi connectivity index (χ1n) is 6.55. The van der Waals surface area contributed by atoms with E-state index in [0.717, 1.165) is 17.9 Å². The number of thioether (sulfide) groups is 2. The summed E-state index contributed by atoms with van der Waals surface area (Å²) in [5.74, 6) is 0.0178. The van der Waals surface area contributed by atoms with Gasteiger partial charge in [-0.3, -0.25) is 9.48 Å². The first-order valence-corrected chi connectivity index (χ1v) is 9.06. The summed E-state index contributed by atoms with van der Waals surface area (Å²) in [6.07, 6.45) is 10.6. The van der Waals surface area contributed by atoms with E-state index in [0.29, 0.717) is 16.9 Å². The van der Waals surface area contributed by atoms with Gasteiger partial charge in [0, 0.05) is 24.5 Å². The number of nitrogens with one attached hydrogen (secondary N) is 1. The van der Waals surface area contributed by atoms with Crippen molar-refractivity contribution in [3.05, 3.63) is 11.8 Å². The molecule has 1 saturated carbocycles. The SMILES string of the molecule is CSc1nn(C)cc1C(=O)N[C@H]1CCC[C@H](SC)C1. The minimum absolute atomic E-state index is 0.0178. The van der Waals surface area contributed by atoms with Crippen molar-refractivity contribution in [2.75, 3.05) is 12.5 Å². The fourth-order valence-corrected chi connectivity index (χ4v) is 3.93. The Morgan fingerprint density at radius 1 is 1.47 bits per heavy atom. The van der Waals surface area contributed by atoms with Crippen LogP contribution >= 0.6 is 23.5 Å². The first-order chi connectivity index (χ1) is 9.13. The van der Waals surface area contributed by atoms with Crippen LogP contribution in [0.25, 0.3) is 0 Å². The second-order valence-corrected chi connectivity index (χ2v) is 6.85. The summed E-state index contributed by atoms with van der Waals surface area (Å²) in [6.45, 7) is 0. The van der Waals surface area contributed by atoms with Crippen LogP contribution in [0.3, 0.4) is 0 Å². The van der Waals surface area contributed by atoms with Crippen LogP contribution in [-0.2, 0) is 7.05 Å². The number of hydrogen-bond donors (Lipinski definition) is 1. The smallest absolute Gasteiger partial charge is 0.255 e. The molecule has 0 aromatic carbocycles. The zero-order valence-electron chi connectivity index (χ0n) is 11.7. The second-order valence-electron chi connectivity index (χ2n) is 4.92. The van der Waals surface area contributed by atoms with Gasteiger partial charge in [0.2, 0.25) is 0 Å². The lowest BCUT2D eigenvalue weighted by Gasteiger charge is -2.28. The average Bonchev–Trinajstić information content (AvgIpc) is 2.80. The van der Waals surface area contributed by atoms with Crippen LogP contribution in [0.15, 0.2) is 11.2 Å². The van der Waals surface area contributed by atoms with Gasteiger partial charge in [0.15, 0.2) is 0 Å². The Balaban J connectivity index is 2.00. The molecule has 1 fully saturated rings. The highest BCUT2D eigenvalue weighted by atomic mass is 32.2. The molecule has 2 atom stereocenters. The predicted octanol–water partition coefficient (Wildman–Crippen LogP) is 2.55. The largest absolute Gasteiger partial charge is 0.349 e. The zero-order chi connectivity index (χ0) is 13.8. The third-order valence-corrected chi connectivity index (χ3v) is 5.31. The molecule has 0 unspecified atom stereocenters. The summed E-state index contributed by atoms with van der Waals surface area (Å²) >= 11 is 3.43.